The fourth-order valence-corrected chi connectivity index (χ4v) is 5.19. The summed E-state index contributed by atoms with van der Waals surface area (Å²) in [5, 5.41) is 12.6. The maximum absolute atomic E-state index is 13.3. The van der Waals surface area contributed by atoms with E-state index < -0.39 is 17.7 Å². The van der Waals surface area contributed by atoms with E-state index in [0.717, 1.165) is 42.1 Å². The van der Waals surface area contributed by atoms with Crippen LogP contribution in [0.2, 0.25) is 5.02 Å². The van der Waals surface area contributed by atoms with Crippen molar-refractivity contribution in [3.63, 3.8) is 0 Å². The van der Waals surface area contributed by atoms with Gasteiger partial charge in [0.1, 0.15) is 11.5 Å². The molecule has 0 spiro atoms. The Morgan fingerprint density at radius 1 is 1.16 bits per heavy atom. The Kier molecular flexibility index (Phi) is 5.18. The molecule has 1 aliphatic heterocycles. The molecule has 32 heavy (non-hydrogen) atoms. The number of fused-ring (bicyclic) bond motifs is 1. The van der Waals surface area contributed by atoms with Gasteiger partial charge in [-0.05, 0) is 37.1 Å². The van der Waals surface area contributed by atoms with Crippen molar-refractivity contribution < 1.29 is 19.4 Å². The number of amides is 1. The molecule has 3 aromatic rings. The number of rotatable bonds is 4. The van der Waals surface area contributed by atoms with Crippen LogP contribution in [-0.4, -0.2) is 39.8 Å². The Morgan fingerprint density at radius 3 is 2.66 bits per heavy atom. The van der Waals surface area contributed by atoms with Gasteiger partial charge in [0.25, 0.3) is 11.7 Å². The fourth-order valence-electron chi connectivity index (χ4n) is 5.00. The van der Waals surface area contributed by atoms with E-state index in [1.807, 2.05) is 30.5 Å². The van der Waals surface area contributed by atoms with Crippen molar-refractivity contribution in [2.24, 2.45) is 0 Å². The molecule has 2 heterocycles. The van der Waals surface area contributed by atoms with Crippen LogP contribution in [0.1, 0.15) is 42.9 Å². The second kappa shape index (κ2) is 8.02. The smallest absolute Gasteiger partial charge is 0.295 e. The second-order valence-corrected chi connectivity index (χ2v) is 8.69. The van der Waals surface area contributed by atoms with Crippen molar-refractivity contribution in [2.75, 3.05) is 7.11 Å². The number of H-pyrrole nitrogens is 1. The minimum atomic E-state index is -0.670. The van der Waals surface area contributed by atoms with Gasteiger partial charge in [-0.15, -0.1) is 0 Å². The van der Waals surface area contributed by atoms with Crippen molar-refractivity contribution in [3.05, 3.63) is 70.4 Å². The lowest BCUT2D eigenvalue weighted by Gasteiger charge is -2.30. The number of aromatic amines is 1. The van der Waals surface area contributed by atoms with Gasteiger partial charge >= 0.3 is 0 Å². The average molecular weight is 451 g/mol. The van der Waals surface area contributed by atoms with Crippen molar-refractivity contribution in [1.29, 1.82) is 0 Å². The summed E-state index contributed by atoms with van der Waals surface area (Å²) in [5.74, 6) is -1.08. The third kappa shape index (κ3) is 3.17. The zero-order valence-electron chi connectivity index (χ0n) is 17.6. The highest BCUT2D eigenvalue weighted by atomic mass is 35.5. The van der Waals surface area contributed by atoms with Crippen molar-refractivity contribution in [3.8, 4) is 5.75 Å². The van der Waals surface area contributed by atoms with Gasteiger partial charge in [0.2, 0.25) is 0 Å². The van der Waals surface area contributed by atoms with Gasteiger partial charge in [-0.25, -0.2) is 0 Å². The number of carbonyl (C=O) groups is 2. The number of halogens is 1. The first kappa shape index (κ1) is 20.6. The van der Waals surface area contributed by atoms with E-state index >= 15 is 0 Å². The summed E-state index contributed by atoms with van der Waals surface area (Å²) < 4.78 is 5.27. The molecule has 164 valence electrons. The standard InChI is InChI=1S/C25H23ClN2O4/c1-32-20-12-14(10-11-18(20)26)23(29)21-22(17-13-27-19-9-5-4-8-16(17)19)28(25(31)24(21)30)15-6-2-3-7-15/h4-5,8-13,15,22,27,29H,2-3,6-7H2,1H3/b23-21+. The van der Waals surface area contributed by atoms with Gasteiger partial charge in [0.05, 0.1) is 23.7 Å². The Hall–Kier alpha value is -3.25. The number of hydrogen-bond donors (Lipinski definition) is 2. The van der Waals surface area contributed by atoms with Crippen LogP contribution in [0.4, 0.5) is 0 Å². The van der Waals surface area contributed by atoms with E-state index in [-0.39, 0.29) is 17.4 Å². The van der Waals surface area contributed by atoms with Gasteiger partial charge in [0, 0.05) is 34.3 Å². The maximum atomic E-state index is 13.3. The monoisotopic (exact) mass is 450 g/mol. The zero-order chi connectivity index (χ0) is 22.4. The molecular formula is C25H23ClN2O4. The molecule has 0 radical (unpaired) electrons. The summed E-state index contributed by atoms with van der Waals surface area (Å²) in [7, 11) is 1.48. The molecule has 0 bridgehead atoms. The topological polar surface area (TPSA) is 82.6 Å². The summed E-state index contributed by atoms with van der Waals surface area (Å²) >= 11 is 6.14. The SMILES string of the molecule is COc1cc(/C(O)=C2\C(=O)C(=O)N(C3CCCC3)C2c2c[nH]c3ccccc23)ccc1Cl. The molecule has 1 unspecified atom stereocenters. The molecule has 5 rings (SSSR count). The molecule has 1 amide bonds. The number of nitrogens with one attached hydrogen (secondary N) is 1. The van der Waals surface area contributed by atoms with Crippen LogP contribution in [-0.2, 0) is 9.59 Å². The Morgan fingerprint density at radius 2 is 1.91 bits per heavy atom. The third-order valence-corrected chi connectivity index (χ3v) is 6.85. The molecule has 6 nitrogen and oxygen atoms in total. The number of aliphatic hydroxyl groups excluding tert-OH is 1. The predicted molar refractivity (Wildman–Crippen MR) is 123 cm³/mol. The minimum absolute atomic E-state index is 0.0323. The molecule has 1 aliphatic carbocycles. The van der Waals surface area contributed by atoms with E-state index in [1.54, 1.807) is 23.1 Å². The summed E-state index contributed by atoms with van der Waals surface area (Å²) in [6.45, 7) is 0. The quantitative estimate of drug-likeness (QED) is 0.325. The van der Waals surface area contributed by atoms with Crippen LogP contribution < -0.4 is 4.74 Å². The Balaban J connectivity index is 1.73. The van der Waals surface area contributed by atoms with Crippen LogP contribution in [0.25, 0.3) is 16.7 Å². The van der Waals surface area contributed by atoms with Gasteiger partial charge < -0.3 is 19.7 Å². The number of ketones is 1. The molecule has 2 fully saturated rings. The van der Waals surface area contributed by atoms with E-state index in [4.69, 9.17) is 16.3 Å². The van der Waals surface area contributed by atoms with Crippen LogP contribution in [0, 0.1) is 0 Å². The molecule has 1 aromatic heterocycles. The number of likely N-dealkylation sites (tertiary alicyclic amines) is 1. The summed E-state index contributed by atoms with van der Waals surface area (Å²) in [5.41, 5.74) is 2.18. The molecule has 1 saturated heterocycles. The number of aliphatic hydroxyl groups is 1. The van der Waals surface area contributed by atoms with Crippen LogP contribution >= 0.6 is 11.6 Å². The highest BCUT2D eigenvalue weighted by molar-refractivity contribution is 6.47. The predicted octanol–water partition coefficient (Wildman–Crippen LogP) is 5.19. The molecule has 2 aliphatic rings. The molecule has 1 saturated carbocycles. The first-order chi connectivity index (χ1) is 15.5. The molecule has 2 N–H and O–H groups in total. The third-order valence-electron chi connectivity index (χ3n) is 6.54. The van der Waals surface area contributed by atoms with Crippen LogP contribution in [0.5, 0.6) is 5.75 Å². The summed E-state index contributed by atoms with van der Waals surface area (Å²) in [6.07, 6.45) is 5.56. The highest BCUT2D eigenvalue weighted by Gasteiger charge is 2.49. The summed E-state index contributed by atoms with van der Waals surface area (Å²) in [6, 6.07) is 11.9. The number of nitrogens with zero attached hydrogens (tertiary/aromatic N) is 1. The molecular weight excluding hydrogens is 428 g/mol. The number of aromatic nitrogens is 1. The Labute approximate surface area is 190 Å². The lowest BCUT2D eigenvalue weighted by molar-refractivity contribution is -0.141. The lowest BCUT2D eigenvalue weighted by Crippen LogP contribution is -2.37. The maximum Gasteiger partial charge on any atom is 0.295 e. The average Bonchev–Trinajstić information content (AvgIpc) is 3.53. The zero-order valence-corrected chi connectivity index (χ0v) is 18.4. The molecule has 2 aromatic carbocycles. The fraction of sp³-hybridized carbons (Fsp3) is 0.280. The first-order valence-electron chi connectivity index (χ1n) is 10.7. The highest BCUT2D eigenvalue weighted by Crippen LogP contribution is 2.45. The number of benzene rings is 2. The van der Waals surface area contributed by atoms with Gasteiger partial charge in [-0.1, -0.05) is 42.6 Å². The van der Waals surface area contributed by atoms with Gasteiger partial charge in [-0.3, -0.25) is 9.59 Å². The normalized spacial score (nSPS) is 21.1. The van der Waals surface area contributed by atoms with Gasteiger partial charge in [0.15, 0.2) is 0 Å². The number of methoxy groups -OCH3 is 1. The molecule has 7 heteroatoms. The number of para-hydroxylation sites is 1. The number of carbonyl (C=O) groups excluding carboxylic acids is 2. The minimum Gasteiger partial charge on any atom is -0.507 e. The molecule has 1 atom stereocenters. The first-order valence-corrected chi connectivity index (χ1v) is 11.1. The Bertz CT molecular complexity index is 1260. The van der Waals surface area contributed by atoms with E-state index in [0.29, 0.717) is 16.3 Å². The lowest BCUT2D eigenvalue weighted by atomic mass is 9.94. The van der Waals surface area contributed by atoms with Crippen molar-refractivity contribution in [1.82, 2.24) is 9.88 Å². The second-order valence-electron chi connectivity index (χ2n) is 8.28. The van der Waals surface area contributed by atoms with Crippen molar-refractivity contribution >= 4 is 40.0 Å². The van der Waals surface area contributed by atoms with Crippen LogP contribution in [0.3, 0.4) is 0 Å². The van der Waals surface area contributed by atoms with Crippen LogP contribution in [0.15, 0.2) is 54.2 Å². The number of hydrogen-bond acceptors (Lipinski definition) is 4. The van der Waals surface area contributed by atoms with Crippen molar-refractivity contribution in [2.45, 2.75) is 37.8 Å². The number of ether oxygens (including phenoxy) is 1. The van der Waals surface area contributed by atoms with E-state index in [9.17, 15) is 14.7 Å². The van der Waals surface area contributed by atoms with E-state index in [1.165, 1.54) is 7.11 Å². The van der Waals surface area contributed by atoms with E-state index in [2.05, 4.69) is 4.98 Å². The largest absolute Gasteiger partial charge is 0.507 e. The summed E-state index contributed by atoms with van der Waals surface area (Å²) in [4.78, 5) is 31.4. The number of Topliss-reactive ketones (excluding diaryl/α,β-unsaturated/α-hetero) is 1. The van der Waals surface area contributed by atoms with Gasteiger partial charge in [-0.2, -0.15) is 0 Å².